The van der Waals surface area contributed by atoms with Gasteiger partial charge in [0, 0.05) is 13.0 Å². The third-order valence-corrected chi connectivity index (χ3v) is 2.29. The molecule has 0 atom stereocenters. The van der Waals surface area contributed by atoms with Crippen molar-refractivity contribution in [3.05, 3.63) is 23.8 Å². The highest BCUT2D eigenvalue weighted by atomic mass is 19.4. The quantitative estimate of drug-likeness (QED) is 0.563. The van der Waals surface area contributed by atoms with E-state index in [0.29, 0.717) is 5.69 Å². The summed E-state index contributed by atoms with van der Waals surface area (Å²) in [6, 6.07) is 4.33. The number of benzene rings is 1. The number of hydrogen-bond acceptors (Lipinski definition) is 3. The molecule has 0 aromatic heterocycles. The van der Waals surface area contributed by atoms with Crippen LogP contribution in [0, 0.1) is 0 Å². The highest BCUT2D eigenvalue weighted by molar-refractivity contribution is 5.97. The molecular weight excluding hydrogens is 249 g/mol. The fourth-order valence-corrected chi connectivity index (χ4v) is 1.42. The number of carboxylic acid groups (broad SMARTS) is 1. The van der Waals surface area contributed by atoms with Gasteiger partial charge >= 0.3 is 12.1 Å². The second-order valence-electron chi connectivity index (χ2n) is 3.72. The number of carbonyl (C=O) groups is 1. The summed E-state index contributed by atoms with van der Waals surface area (Å²) < 4.78 is 35.7. The number of halogens is 3. The molecule has 0 radical (unpaired) electrons. The lowest BCUT2D eigenvalue weighted by atomic mass is 10.1. The largest absolute Gasteiger partial charge is 0.478 e. The Morgan fingerprint density at radius 2 is 2.06 bits per heavy atom. The van der Waals surface area contributed by atoms with Crippen molar-refractivity contribution in [2.24, 2.45) is 0 Å². The number of hydrogen-bond donors (Lipinski definition) is 3. The van der Waals surface area contributed by atoms with Gasteiger partial charge in [0.2, 0.25) is 0 Å². The van der Waals surface area contributed by atoms with E-state index in [2.05, 4.69) is 5.32 Å². The fourth-order valence-electron chi connectivity index (χ4n) is 1.42. The Morgan fingerprint density at radius 3 is 2.61 bits per heavy atom. The lowest BCUT2D eigenvalue weighted by molar-refractivity contribution is -0.134. The highest BCUT2D eigenvalue weighted by Gasteiger charge is 2.25. The molecule has 0 aliphatic rings. The zero-order chi connectivity index (χ0) is 13.8. The number of aromatic carboxylic acids is 1. The van der Waals surface area contributed by atoms with Gasteiger partial charge in [-0.1, -0.05) is 6.07 Å². The van der Waals surface area contributed by atoms with Crippen LogP contribution in [-0.4, -0.2) is 23.8 Å². The van der Waals surface area contributed by atoms with Crippen LogP contribution in [-0.2, 0) is 0 Å². The van der Waals surface area contributed by atoms with E-state index in [1.807, 2.05) is 0 Å². The summed E-state index contributed by atoms with van der Waals surface area (Å²) in [5.41, 5.74) is 5.87. The smallest absolute Gasteiger partial charge is 0.389 e. The Labute approximate surface area is 102 Å². The van der Waals surface area contributed by atoms with Crippen LogP contribution in [0.2, 0.25) is 0 Å². The number of para-hydroxylation sites is 1. The third-order valence-electron chi connectivity index (χ3n) is 2.29. The van der Waals surface area contributed by atoms with Crippen LogP contribution in [0.1, 0.15) is 23.2 Å². The molecule has 0 heterocycles. The fraction of sp³-hybridized carbons (Fsp3) is 0.364. The molecule has 1 aromatic rings. The Balaban J connectivity index is 2.58. The third kappa shape index (κ3) is 4.15. The van der Waals surface area contributed by atoms with E-state index in [1.165, 1.54) is 18.2 Å². The summed E-state index contributed by atoms with van der Waals surface area (Å²) in [5, 5.41) is 11.5. The van der Waals surface area contributed by atoms with Gasteiger partial charge in [-0.3, -0.25) is 0 Å². The van der Waals surface area contributed by atoms with E-state index in [0.717, 1.165) is 0 Å². The van der Waals surface area contributed by atoms with Crippen molar-refractivity contribution in [3.63, 3.8) is 0 Å². The minimum Gasteiger partial charge on any atom is -0.478 e. The summed E-state index contributed by atoms with van der Waals surface area (Å²) in [5.74, 6) is -1.17. The van der Waals surface area contributed by atoms with Gasteiger partial charge in [-0.15, -0.1) is 0 Å². The molecule has 0 amide bonds. The second kappa shape index (κ2) is 5.61. The van der Waals surface area contributed by atoms with Crippen LogP contribution in [0.3, 0.4) is 0 Å². The maximum Gasteiger partial charge on any atom is 0.389 e. The van der Waals surface area contributed by atoms with Crippen LogP contribution in [0.4, 0.5) is 24.5 Å². The number of anilines is 2. The van der Waals surface area contributed by atoms with Crippen molar-refractivity contribution in [1.29, 1.82) is 0 Å². The summed E-state index contributed by atoms with van der Waals surface area (Å²) in [7, 11) is 0. The molecule has 4 N–H and O–H groups in total. The Kier molecular flexibility index (Phi) is 4.41. The molecule has 0 aliphatic carbocycles. The van der Waals surface area contributed by atoms with Crippen LogP contribution in [0.5, 0.6) is 0 Å². The summed E-state index contributed by atoms with van der Waals surface area (Å²) in [6.45, 7) is 0.0762. The van der Waals surface area contributed by atoms with E-state index in [9.17, 15) is 18.0 Å². The van der Waals surface area contributed by atoms with E-state index < -0.39 is 18.6 Å². The molecule has 0 spiro atoms. The van der Waals surface area contributed by atoms with Crippen molar-refractivity contribution < 1.29 is 23.1 Å². The Morgan fingerprint density at radius 1 is 1.39 bits per heavy atom. The molecule has 1 aromatic carbocycles. The van der Waals surface area contributed by atoms with Gasteiger partial charge in [-0.05, 0) is 18.6 Å². The zero-order valence-corrected chi connectivity index (χ0v) is 9.42. The first-order valence-electron chi connectivity index (χ1n) is 5.23. The van der Waals surface area contributed by atoms with Crippen LogP contribution in [0.15, 0.2) is 18.2 Å². The first kappa shape index (κ1) is 14.1. The van der Waals surface area contributed by atoms with Gasteiger partial charge in [-0.2, -0.15) is 13.2 Å². The maximum absolute atomic E-state index is 11.9. The molecule has 4 nitrogen and oxygen atoms in total. The number of nitrogen functional groups attached to an aromatic ring is 1. The number of rotatable bonds is 5. The topological polar surface area (TPSA) is 75.3 Å². The normalized spacial score (nSPS) is 11.3. The lowest BCUT2D eigenvalue weighted by Crippen LogP contribution is -2.12. The van der Waals surface area contributed by atoms with E-state index in [1.54, 1.807) is 0 Å². The monoisotopic (exact) mass is 262 g/mol. The highest BCUT2D eigenvalue weighted by Crippen LogP contribution is 2.24. The minimum atomic E-state index is -4.18. The first-order valence-corrected chi connectivity index (χ1v) is 5.23. The molecule has 0 fully saturated rings. The zero-order valence-electron chi connectivity index (χ0n) is 9.42. The molecule has 18 heavy (non-hydrogen) atoms. The van der Waals surface area contributed by atoms with Gasteiger partial charge in [0.15, 0.2) is 0 Å². The molecule has 0 aliphatic heterocycles. The number of carboxylic acids is 1. The molecule has 0 saturated carbocycles. The average Bonchev–Trinajstić information content (AvgIpc) is 2.24. The molecule has 0 unspecified atom stereocenters. The average molecular weight is 262 g/mol. The number of nitrogens with one attached hydrogen (secondary N) is 1. The van der Waals surface area contributed by atoms with Gasteiger partial charge in [0.05, 0.1) is 16.9 Å². The number of nitrogens with two attached hydrogens (primary N) is 1. The maximum atomic E-state index is 11.9. The Hall–Kier alpha value is -1.92. The SMILES string of the molecule is Nc1c(NCCCC(F)(F)F)cccc1C(=O)O. The summed E-state index contributed by atoms with van der Waals surface area (Å²) in [4.78, 5) is 10.8. The van der Waals surface area contributed by atoms with Gasteiger partial charge in [-0.25, -0.2) is 4.79 Å². The second-order valence-corrected chi connectivity index (χ2v) is 3.72. The predicted molar refractivity (Wildman–Crippen MR) is 61.6 cm³/mol. The van der Waals surface area contributed by atoms with Crippen molar-refractivity contribution in [2.75, 3.05) is 17.6 Å². The molecule has 7 heteroatoms. The summed E-state index contributed by atoms with van der Waals surface area (Å²) >= 11 is 0. The minimum absolute atomic E-state index is 0.0250. The first-order chi connectivity index (χ1) is 8.31. The molecule has 0 bridgehead atoms. The van der Waals surface area contributed by atoms with E-state index >= 15 is 0 Å². The number of alkyl halides is 3. The molecular formula is C11H13F3N2O2. The van der Waals surface area contributed by atoms with Gasteiger partial charge < -0.3 is 16.2 Å². The van der Waals surface area contributed by atoms with Crippen LogP contribution in [0.25, 0.3) is 0 Å². The van der Waals surface area contributed by atoms with E-state index in [4.69, 9.17) is 10.8 Å². The van der Waals surface area contributed by atoms with Crippen molar-refractivity contribution in [2.45, 2.75) is 19.0 Å². The van der Waals surface area contributed by atoms with Crippen LogP contribution >= 0.6 is 0 Å². The van der Waals surface area contributed by atoms with Crippen molar-refractivity contribution in [3.8, 4) is 0 Å². The van der Waals surface area contributed by atoms with Crippen molar-refractivity contribution >= 4 is 17.3 Å². The van der Waals surface area contributed by atoms with E-state index in [-0.39, 0.29) is 24.2 Å². The van der Waals surface area contributed by atoms with Gasteiger partial charge in [0.1, 0.15) is 0 Å². The predicted octanol–water partition coefficient (Wildman–Crippen LogP) is 2.72. The van der Waals surface area contributed by atoms with Gasteiger partial charge in [0.25, 0.3) is 0 Å². The van der Waals surface area contributed by atoms with Crippen LogP contribution < -0.4 is 11.1 Å². The van der Waals surface area contributed by atoms with Crippen molar-refractivity contribution in [1.82, 2.24) is 0 Å². The lowest BCUT2D eigenvalue weighted by Gasteiger charge is -2.11. The standard InChI is InChI=1S/C11H13F3N2O2/c12-11(13,14)5-2-6-16-8-4-1-3-7(9(8)15)10(17)18/h1,3-4,16H,2,5-6,15H2,(H,17,18). The Bertz CT molecular complexity index is 433. The molecule has 100 valence electrons. The molecule has 1 rings (SSSR count). The molecule has 0 saturated heterocycles. The summed E-state index contributed by atoms with van der Waals surface area (Å²) in [6.07, 6.45) is -5.17.